The summed E-state index contributed by atoms with van der Waals surface area (Å²) in [7, 11) is 0. The highest BCUT2D eigenvalue weighted by Crippen LogP contribution is 2.45. The number of Topliss-reactive ketones (excluding diaryl/α,β-unsaturated/α-hetero) is 1. The zero-order valence-electron chi connectivity index (χ0n) is 17.4. The Morgan fingerprint density at radius 2 is 1.68 bits per heavy atom. The van der Waals surface area contributed by atoms with Crippen molar-refractivity contribution >= 4 is 22.8 Å². The smallest absolute Gasteiger partial charge is 0.209 e. The highest BCUT2D eigenvalue weighted by molar-refractivity contribution is 6.01. The number of imidazole rings is 1. The minimum absolute atomic E-state index is 0.164. The average Bonchev–Trinajstić information content (AvgIpc) is 3.16. The lowest BCUT2D eigenvalue weighted by molar-refractivity contribution is -0.116. The Kier molecular flexibility index (Phi) is 4.06. The normalized spacial score (nSPS) is 20.4. The first-order chi connectivity index (χ1) is 15.2. The van der Waals surface area contributed by atoms with E-state index in [2.05, 4.69) is 59.3 Å². The molecule has 2 atom stereocenters. The predicted molar refractivity (Wildman–Crippen MR) is 123 cm³/mol. The van der Waals surface area contributed by atoms with Crippen LogP contribution in [0.1, 0.15) is 41.5 Å². The van der Waals surface area contributed by atoms with E-state index >= 15 is 0 Å². The van der Waals surface area contributed by atoms with Crippen molar-refractivity contribution in [1.29, 1.82) is 0 Å². The largest absolute Gasteiger partial charge is 0.329 e. The van der Waals surface area contributed by atoms with Crippen molar-refractivity contribution in [3.05, 3.63) is 107 Å². The van der Waals surface area contributed by atoms with E-state index in [4.69, 9.17) is 4.98 Å². The molecule has 1 N–H and O–H groups in total. The molecule has 1 aliphatic heterocycles. The van der Waals surface area contributed by atoms with E-state index < -0.39 is 0 Å². The Balaban J connectivity index is 1.55. The number of carbonyl (C=O) groups excluding carboxylic acids is 1. The van der Waals surface area contributed by atoms with Crippen LogP contribution in [0.3, 0.4) is 0 Å². The summed E-state index contributed by atoms with van der Waals surface area (Å²) in [6.07, 6.45) is 1.35. The zero-order chi connectivity index (χ0) is 20.9. The first-order valence-electron chi connectivity index (χ1n) is 10.8. The average molecular weight is 406 g/mol. The molecule has 4 nitrogen and oxygen atoms in total. The standard InChI is InChI=1S/C27H23N3O/c1-17-8-7-11-19(14-17)26-25-22(15-20(16-24(25)31)18-9-3-2-4-10-18)29-27-28-21-12-5-6-13-23(21)30(26)27/h2-14,20,26H,15-16H2,1H3,(H,28,29)/t20-,26-/m0/s1. The number of ketones is 1. The number of benzene rings is 3. The van der Waals surface area contributed by atoms with Gasteiger partial charge in [-0.05, 0) is 42.5 Å². The number of aromatic nitrogens is 2. The summed E-state index contributed by atoms with van der Waals surface area (Å²) in [4.78, 5) is 18.5. The van der Waals surface area contributed by atoms with Gasteiger partial charge in [-0.15, -0.1) is 0 Å². The van der Waals surface area contributed by atoms with Gasteiger partial charge in [0.2, 0.25) is 5.95 Å². The molecule has 6 rings (SSSR count). The lowest BCUT2D eigenvalue weighted by atomic mass is 9.77. The summed E-state index contributed by atoms with van der Waals surface area (Å²) in [6, 6.07) is 26.8. The van der Waals surface area contributed by atoms with Crippen LogP contribution in [0.25, 0.3) is 11.0 Å². The van der Waals surface area contributed by atoms with E-state index in [0.717, 1.165) is 40.2 Å². The van der Waals surface area contributed by atoms with E-state index in [-0.39, 0.29) is 17.7 Å². The summed E-state index contributed by atoms with van der Waals surface area (Å²) in [6.45, 7) is 2.10. The molecule has 4 heteroatoms. The number of para-hydroxylation sites is 2. The van der Waals surface area contributed by atoms with Crippen molar-refractivity contribution in [2.45, 2.75) is 31.7 Å². The van der Waals surface area contributed by atoms with Crippen LogP contribution < -0.4 is 5.32 Å². The van der Waals surface area contributed by atoms with Gasteiger partial charge in [0, 0.05) is 17.7 Å². The molecule has 152 valence electrons. The van der Waals surface area contributed by atoms with Crippen LogP contribution >= 0.6 is 0 Å². The number of allylic oxidation sites excluding steroid dienone is 2. The molecular formula is C27H23N3O. The summed E-state index contributed by atoms with van der Waals surface area (Å²) in [5.41, 5.74) is 7.42. The monoisotopic (exact) mass is 405 g/mol. The number of nitrogens with zero attached hydrogens (tertiary/aromatic N) is 2. The quantitative estimate of drug-likeness (QED) is 0.461. The second kappa shape index (κ2) is 6.95. The first-order valence-corrected chi connectivity index (χ1v) is 10.8. The molecule has 0 amide bonds. The van der Waals surface area contributed by atoms with Gasteiger partial charge in [-0.25, -0.2) is 4.98 Å². The van der Waals surface area contributed by atoms with Gasteiger partial charge in [0.25, 0.3) is 0 Å². The molecular weight excluding hydrogens is 382 g/mol. The van der Waals surface area contributed by atoms with Crippen molar-refractivity contribution in [2.75, 3.05) is 5.32 Å². The SMILES string of the molecule is Cc1cccc([C@H]2C3=C(C[C@H](c4ccccc4)CC3=O)Nc3nc4ccccc4n32)c1. The summed E-state index contributed by atoms with van der Waals surface area (Å²) < 4.78 is 2.20. The van der Waals surface area contributed by atoms with Crippen LogP contribution in [0.2, 0.25) is 0 Å². The van der Waals surface area contributed by atoms with Gasteiger partial charge in [-0.1, -0.05) is 72.3 Å². The van der Waals surface area contributed by atoms with E-state index in [1.165, 1.54) is 11.1 Å². The summed E-state index contributed by atoms with van der Waals surface area (Å²) in [5.74, 6) is 1.22. The van der Waals surface area contributed by atoms with Crippen LogP contribution in [0.5, 0.6) is 0 Å². The van der Waals surface area contributed by atoms with Crippen molar-refractivity contribution < 1.29 is 4.79 Å². The predicted octanol–water partition coefficient (Wildman–Crippen LogP) is 5.76. The number of hydrogen-bond acceptors (Lipinski definition) is 3. The molecule has 0 unspecified atom stereocenters. The fraction of sp³-hybridized carbons (Fsp3) is 0.185. The second-order valence-corrected chi connectivity index (χ2v) is 8.57. The maximum Gasteiger partial charge on any atom is 0.209 e. The molecule has 0 bridgehead atoms. The van der Waals surface area contributed by atoms with Gasteiger partial charge in [0.05, 0.1) is 17.1 Å². The Morgan fingerprint density at radius 1 is 0.903 bits per heavy atom. The van der Waals surface area contributed by atoms with Gasteiger partial charge < -0.3 is 5.32 Å². The Morgan fingerprint density at radius 3 is 2.52 bits per heavy atom. The van der Waals surface area contributed by atoms with Crippen LogP contribution in [0.4, 0.5) is 5.95 Å². The summed E-state index contributed by atoms with van der Waals surface area (Å²) in [5, 5.41) is 3.54. The van der Waals surface area contributed by atoms with Crippen LogP contribution in [-0.2, 0) is 4.79 Å². The minimum Gasteiger partial charge on any atom is -0.329 e. The Bertz CT molecular complexity index is 1350. The molecule has 0 fully saturated rings. The molecule has 1 aromatic heterocycles. The number of anilines is 1. The zero-order valence-corrected chi connectivity index (χ0v) is 17.4. The van der Waals surface area contributed by atoms with E-state index in [9.17, 15) is 4.79 Å². The molecule has 0 spiro atoms. The third-order valence-electron chi connectivity index (χ3n) is 6.53. The maximum atomic E-state index is 13.6. The Hall–Kier alpha value is -3.66. The van der Waals surface area contributed by atoms with E-state index in [1.807, 2.05) is 36.4 Å². The maximum absolute atomic E-state index is 13.6. The van der Waals surface area contributed by atoms with Crippen LogP contribution in [0.15, 0.2) is 90.1 Å². The van der Waals surface area contributed by atoms with Crippen molar-refractivity contribution in [2.24, 2.45) is 0 Å². The van der Waals surface area contributed by atoms with E-state index in [0.29, 0.717) is 6.42 Å². The lowest BCUT2D eigenvalue weighted by Gasteiger charge is -2.36. The fourth-order valence-electron chi connectivity index (χ4n) is 5.14. The molecule has 31 heavy (non-hydrogen) atoms. The summed E-state index contributed by atoms with van der Waals surface area (Å²) >= 11 is 0. The molecule has 2 aliphatic rings. The number of hydrogen-bond donors (Lipinski definition) is 1. The second-order valence-electron chi connectivity index (χ2n) is 8.57. The number of carbonyl (C=O) groups is 1. The van der Waals surface area contributed by atoms with Crippen LogP contribution in [0, 0.1) is 6.92 Å². The van der Waals surface area contributed by atoms with Crippen molar-refractivity contribution in [3.63, 3.8) is 0 Å². The molecule has 0 saturated carbocycles. The van der Waals surface area contributed by atoms with E-state index in [1.54, 1.807) is 0 Å². The topological polar surface area (TPSA) is 46.9 Å². The van der Waals surface area contributed by atoms with Crippen LogP contribution in [-0.4, -0.2) is 15.3 Å². The minimum atomic E-state index is -0.164. The van der Waals surface area contributed by atoms with Gasteiger partial charge in [0.15, 0.2) is 5.78 Å². The number of aryl methyl sites for hydroxylation is 1. The molecule has 2 heterocycles. The molecule has 0 saturated heterocycles. The Labute approximate surface area is 181 Å². The van der Waals surface area contributed by atoms with Crippen molar-refractivity contribution in [1.82, 2.24) is 9.55 Å². The van der Waals surface area contributed by atoms with Gasteiger partial charge in [-0.3, -0.25) is 9.36 Å². The third kappa shape index (κ3) is 2.90. The van der Waals surface area contributed by atoms with Gasteiger partial charge >= 0.3 is 0 Å². The molecule has 1 aliphatic carbocycles. The highest BCUT2D eigenvalue weighted by Gasteiger charge is 2.39. The van der Waals surface area contributed by atoms with Crippen molar-refractivity contribution in [3.8, 4) is 0 Å². The highest BCUT2D eigenvalue weighted by atomic mass is 16.1. The lowest BCUT2D eigenvalue weighted by Crippen LogP contribution is -2.33. The molecule has 0 radical (unpaired) electrons. The molecule has 3 aromatic carbocycles. The number of nitrogens with one attached hydrogen (secondary N) is 1. The van der Waals surface area contributed by atoms with Gasteiger partial charge in [0.1, 0.15) is 0 Å². The third-order valence-corrected chi connectivity index (χ3v) is 6.53. The number of rotatable bonds is 2. The molecule has 4 aromatic rings. The first kappa shape index (κ1) is 18.1. The fourth-order valence-corrected chi connectivity index (χ4v) is 5.14. The van der Waals surface area contributed by atoms with Gasteiger partial charge in [-0.2, -0.15) is 0 Å². The number of fused-ring (bicyclic) bond motifs is 3.